The van der Waals surface area contributed by atoms with Crippen molar-refractivity contribution in [1.82, 2.24) is 30.0 Å². The van der Waals surface area contributed by atoms with E-state index in [-0.39, 0.29) is 18.0 Å². The zero-order valence-corrected chi connectivity index (χ0v) is 15.5. The highest BCUT2D eigenvalue weighted by Crippen LogP contribution is 2.27. The molecule has 3 rings (SSSR count). The van der Waals surface area contributed by atoms with Gasteiger partial charge in [0.15, 0.2) is 0 Å². The Morgan fingerprint density at radius 1 is 1.48 bits per heavy atom. The smallest absolute Gasteiger partial charge is 0.317 e. The number of nitrogens with zero attached hydrogens (tertiary/aromatic N) is 4. The molecule has 0 radical (unpaired) electrons. The fourth-order valence-electron chi connectivity index (χ4n) is 3.80. The number of likely N-dealkylation sites (tertiary alicyclic amines) is 1. The quantitative estimate of drug-likeness (QED) is 0.895. The molecule has 0 aliphatic carbocycles. The van der Waals surface area contributed by atoms with Crippen molar-refractivity contribution >= 4 is 6.03 Å². The van der Waals surface area contributed by atoms with Crippen LogP contribution in [0.2, 0.25) is 0 Å². The van der Waals surface area contributed by atoms with E-state index >= 15 is 0 Å². The second kappa shape index (κ2) is 7.29. The third-order valence-electron chi connectivity index (χ3n) is 5.23. The van der Waals surface area contributed by atoms with Gasteiger partial charge in [0.2, 0.25) is 0 Å². The van der Waals surface area contributed by atoms with Gasteiger partial charge in [0.25, 0.3) is 0 Å². The molecule has 2 N–H and O–H groups in total. The molecule has 0 bridgehead atoms. The molecule has 136 valence electrons. The summed E-state index contributed by atoms with van der Waals surface area (Å²) in [5.74, 6) is 1.26. The minimum absolute atomic E-state index is 0.00533. The Kier molecular flexibility index (Phi) is 5.11. The summed E-state index contributed by atoms with van der Waals surface area (Å²) in [5, 5.41) is 7.70. The summed E-state index contributed by atoms with van der Waals surface area (Å²) >= 11 is 0. The first-order valence-corrected chi connectivity index (χ1v) is 9.06. The molecule has 1 aliphatic heterocycles. The highest BCUT2D eigenvalue weighted by Gasteiger charge is 2.28. The number of rotatable bonds is 4. The molecule has 7 nitrogen and oxygen atoms in total. The van der Waals surface area contributed by atoms with Crippen LogP contribution in [0.1, 0.15) is 60.9 Å². The Bertz CT molecular complexity index is 720. The molecule has 2 aromatic rings. The van der Waals surface area contributed by atoms with Crippen molar-refractivity contribution in [2.24, 2.45) is 7.05 Å². The lowest BCUT2D eigenvalue weighted by Gasteiger charge is -2.33. The number of carbonyl (C=O) groups is 1. The standard InChI is InChI=1S/C18H28N6O/c1-5-15(16-12(2)22-23(4)13(16)3)21-18(25)24-10-6-7-14(11-24)17-19-8-9-20-17/h8-9,14-15H,5-7,10-11H2,1-4H3,(H,19,20)(H,21,25)/t14-,15+/m0/s1. The van der Waals surface area contributed by atoms with Gasteiger partial charge in [0, 0.05) is 49.7 Å². The molecule has 2 aromatic heterocycles. The van der Waals surface area contributed by atoms with Crippen LogP contribution in [0.15, 0.2) is 12.4 Å². The van der Waals surface area contributed by atoms with Crippen LogP contribution in [0, 0.1) is 13.8 Å². The number of aromatic nitrogens is 4. The molecule has 25 heavy (non-hydrogen) atoms. The van der Waals surface area contributed by atoms with E-state index in [9.17, 15) is 4.79 Å². The molecule has 0 unspecified atom stereocenters. The first-order chi connectivity index (χ1) is 12.0. The molecule has 3 heterocycles. The van der Waals surface area contributed by atoms with Gasteiger partial charge < -0.3 is 15.2 Å². The van der Waals surface area contributed by atoms with Crippen LogP contribution in [0.3, 0.4) is 0 Å². The first-order valence-electron chi connectivity index (χ1n) is 9.06. The van der Waals surface area contributed by atoms with Crippen LogP contribution in [0.25, 0.3) is 0 Å². The van der Waals surface area contributed by atoms with Gasteiger partial charge in [0.1, 0.15) is 5.82 Å². The number of aryl methyl sites for hydroxylation is 2. The average Bonchev–Trinajstić information content (AvgIpc) is 3.22. The molecule has 0 aromatic carbocycles. The number of hydrogen-bond donors (Lipinski definition) is 2. The summed E-state index contributed by atoms with van der Waals surface area (Å²) in [6.07, 6.45) is 6.52. The summed E-state index contributed by atoms with van der Waals surface area (Å²) in [7, 11) is 1.94. The van der Waals surface area contributed by atoms with Crippen molar-refractivity contribution in [3.8, 4) is 0 Å². The van der Waals surface area contributed by atoms with Crippen molar-refractivity contribution in [3.63, 3.8) is 0 Å². The topological polar surface area (TPSA) is 78.8 Å². The minimum atomic E-state index is -0.00908. The van der Waals surface area contributed by atoms with Crippen molar-refractivity contribution in [2.45, 2.75) is 52.0 Å². The fraction of sp³-hybridized carbons (Fsp3) is 0.611. The first kappa shape index (κ1) is 17.5. The molecule has 1 fully saturated rings. The molecule has 7 heteroatoms. The highest BCUT2D eigenvalue weighted by atomic mass is 16.2. The number of urea groups is 1. The number of hydrogen-bond acceptors (Lipinski definition) is 3. The molecule has 1 aliphatic rings. The van der Waals surface area contributed by atoms with E-state index in [4.69, 9.17) is 0 Å². The summed E-state index contributed by atoms with van der Waals surface area (Å²) in [5.41, 5.74) is 3.23. The molecular weight excluding hydrogens is 316 g/mol. The van der Waals surface area contributed by atoms with Gasteiger partial charge in [-0.3, -0.25) is 4.68 Å². The Morgan fingerprint density at radius 3 is 2.88 bits per heavy atom. The zero-order chi connectivity index (χ0) is 18.0. The second-order valence-electron chi connectivity index (χ2n) is 6.88. The van der Waals surface area contributed by atoms with Crippen molar-refractivity contribution in [1.29, 1.82) is 0 Å². The monoisotopic (exact) mass is 344 g/mol. The maximum Gasteiger partial charge on any atom is 0.317 e. The number of H-pyrrole nitrogens is 1. The molecule has 1 saturated heterocycles. The predicted octanol–water partition coefficient (Wildman–Crippen LogP) is 2.80. The highest BCUT2D eigenvalue weighted by molar-refractivity contribution is 5.75. The van der Waals surface area contributed by atoms with E-state index in [0.29, 0.717) is 6.54 Å². The second-order valence-corrected chi connectivity index (χ2v) is 6.88. The minimum Gasteiger partial charge on any atom is -0.348 e. The van der Waals surface area contributed by atoms with Crippen LogP contribution in [0.5, 0.6) is 0 Å². The van der Waals surface area contributed by atoms with E-state index in [1.54, 1.807) is 6.20 Å². The van der Waals surface area contributed by atoms with E-state index in [1.807, 2.05) is 29.7 Å². The van der Waals surface area contributed by atoms with Gasteiger partial charge >= 0.3 is 6.03 Å². The lowest BCUT2D eigenvalue weighted by Crippen LogP contribution is -2.46. The van der Waals surface area contributed by atoms with Crippen molar-refractivity contribution < 1.29 is 4.79 Å². The summed E-state index contributed by atoms with van der Waals surface area (Å²) in [6.45, 7) is 7.66. The van der Waals surface area contributed by atoms with E-state index in [0.717, 1.165) is 48.6 Å². The molecule has 0 saturated carbocycles. The summed E-state index contributed by atoms with van der Waals surface area (Å²) < 4.78 is 1.88. The van der Waals surface area contributed by atoms with Gasteiger partial charge in [-0.2, -0.15) is 5.10 Å². The van der Waals surface area contributed by atoms with Gasteiger partial charge in [0.05, 0.1) is 11.7 Å². The van der Waals surface area contributed by atoms with E-state index in [2.05, 4.69) is 34.2 Å². The van der Waals surface area contributed by atoms with Gasteiger partial charge in [-0.15, -0.1) is 0 Å². The molecule has 2 atom stereocenters. The Morgan fingerprint density at radius 2 is 2.28 bits per heavy atom. The summed E-state index contributed by atoms with van der Waals surface area (Å²) in [6, 6.07) is -0.00375. The Balaban J connectivity index is 1.69. The van der Waals surface area contributed by atoms with E-state index in [1.165, 1.54) is 0 Å². The Hall–Kier alpha value is -2.31. The number of amides is 2. The number of imidazole rings is 1. The normalized spacial score (nSPS) is 19.0. The van der Waals surface area contributed by atoms with Gasteiger partial charge in [-0.05, 0) is 33.1 Å². The van der Waals surface area contributed by atoms with Crippen LogP contribution in [-0.4, -0.2) is 43.8 Å². The van der Waals surface area contributed by atoms with Crippen LogP contribution in [0.4, 0.5) is 4.79 Å². The third kappa shape index (κ3) is 3.55. The lowest BCUT2D eigenvalue weighted by atomic mass is 9.97. The molecular formula is C18H28N6O. The third-order valence-corrected chi connectivity index (χ3v) is 5.23. The molecule has 2 amide bonds. The summed E-state index contributed by atoms with van der Waals surface area (Å²) in [4.78, 5) is 22.3. The maximum absolute atomic E-state index is 12.8. The number of aromatic amines is 1. The largest absolute Gasteiger partial charge is 0.348 e. The number of piperidine rings is 1. The van der Waals surface area contributed by atoms with Gasteiger partial charge in [-0.25, -0.2) is 9.78 Å². The molecule has 0 spiro atoms. The zero-order valence-electron chi connectivity index (χ0n) is 15.5. The van der Waals surface area contributed by atoms with Crippen molar-refractivity contribution in [2.75, 3.05) is 13.1 Å². The number of nitrogens with one attached hydrogen (secondary N) is 2. The van der Waals surface area contributed by atoms with Crippen LogP contribution in [-0.2, 0) is 7.05 Å². The predicted molar refractivity (Wildman–Crippen MR) is 96.4 cm³/mol. The lowest BCUT2D eigenvalue weighted by molar-refractivity contribution is 0.174. The van der Waals surface area contributed by atoms with E-state index < -0.39 is 0 Å². The SMILES string of the molecule is CC[C@@H](NC(=O)N1CCC[C@H](c2ncc[nH]2)C1)c1c(C)nn(C)c1C. The number of carbonyl (C=O) groups excluding carboxylic acids is 1. The fourth-order valence-corrected chi connectivity index (χ4v) is 3.80. The Labute approximate surface area is 148 Å². The van der Waals surface area contributed by atoms with Crippen LogP contribution < -0.4 is 5.32 Å². The maximum atomic E-state index is 12.8. The van der Waals surface area contributed by atoms with Crippen molar-refractivity contribution in [3.05, 3.63) is 35.2 Å². The van der Waals surface area contributed by atoms with Crippen LogP contribution >= 0.6 is 0 Å². The average molecular weight is 344 g/mol. The van der Waals surface area contributed by atoms with Gasteiger partial charge in [-0.1, -0.05) is 6.92 Å².